The molecule has 1 heterocycles. The van der Waals surface area contributed by atoms with Gasteiger partial charge < -0.3 is 5.32 Å². The summed E-state index contributed by atoms with van der Waals surface area (Å²) in [6.45, 7) is 3.08. The van der Waals surface area contributed by atoms with Crippen molar-refractivity contribution < 1.29 is 0 Å². The summed E-state index contributed by atoms with van der Waals surface area (Å²) in [7, 11) is -0.604. The average molecular weight is 402 g/mol. The third-order valence-electron chi connectivity index (χ3n) is 4.69. The van der Waals surface area contributed by atoms with Crippen LogP contribution in [0.15, 0.2) is 97.1 Å². The lowest BCUT2D eigenvalue weighted by Crippen LogP contribution is -2.23. The van der Waals surface area contributed by atoms with Gasteiger partial charge in [0.05, 0.1) is 0 Å². The molecular weight excluding hydrogens is 377 g/mol. The van der Waals surface area contributed by atoms with Crippen LogP contribution in [0.1, 0.15) is 16.7 Å². The Morgan fingerprint density at radius 1 is 0.679 bits per heavy atom. The molecule has 0 aliphatic carbocycles. The highest BCUT2D eigenvalue weighted by Crippen LogP contribution is 2.35. The van der Waals surface area contributed by atoms with E-state index in [1.165, 1.54) is 31.4 Å². The highest BCUT2D eigenvalue weighted by molar-refractivity contribution is 7.80. The van der Waals surface area contributed by atoms with Gasteiger partial charge in [0, 0.05) is 27.3 Å². The topological polar surface area (TPSA) is 12.0 Å². The summed E-state index contributed by atoms with van der Waals surface area (Å²) in [5.41, 5.74) is 1.23. The molecule has 1 N–H and O–H groups in total. The highest BCUT2D eigenvalue weighted by atomic mass is 32.1. The molecular formula is C25H24NPS. The lowest BCUT2D eigenvalue weighted by molar-refractivity contribution is 1.19. The quantitative estimate of drug-likeness (QED) is 0.393. The van der Waals surface area contributed by atoms with Crippen LogP contribution in [-0.4, -0.2) is 0 Å². The number of nitrogens with one attached hydrogen (secondary N) is 1. The Balaban J connectivity index is 1.69. The van der Waals surface area contributed by atoms with Gasteiger partial charge in [-0.2, -0.15) is 0 Å². The number of anilines is 1. The second-order valence-corrected chi connectivity index (χ2v) is 10.0. The third kappa shape index (κ3) is 4.35. The van der Waals surface area contributed by atoms with E-state index in [2.05, 4.69) is 109 Å². The zero-order valence-electron chi connectivity index (χ0n) is 16.0. The van der Waals surface area contributed by atoms with Crippen molar-refractivity contribution >= 4 is 40.9 Å². The monoisotopic (exact) mass is 401 g/mol. The molecule has 0 unspecified atom stereocenters. The summed E-state index contributed by atoms with van der Waals surface area (Å²) < 4.78 is 0. The first kappa shape index (κ1) is 18.9. The highest BCUT2D eigenvalue weighted by Gasteiger charge is 2.19. The zero-order chi connectivity index (χ0) is 19.2. The van der Waals surface area contributed by atoms with Crippen LogP contribution in [0, 0.1) is 0 Å². The van der Waals surface area contributed by atoms with Crippen LogP contribution in [0.4, 0.5) is 5.69 Å². The van der Waals surface area contributed by atoms with Crippen LogP contribution in [0.2, 0.25) is 0 Å². The maximum absolute atomic E-state index is 3.71. The summed E-state index contributed by atoms with van der Waals surface area (Å²) in [5, 5.41) is 7.84. The van der Waals surface area contributed by atoms with E-state index in [-0.39, 0.29) is 0 Å². The van der Waals surface area contributed by atoms with E-state index in [4.69, 9.17) is 0 Å². The molecule has 0 spiro atoms. The van der Waals surface area contributed by atoms with E-state index < -0.39 is 7.92 Å². The zero-order valence-corrected chi connectivity index (χ0v) is 17.7. The molecule has 3 aromatic carbocycles. The normalized spacial score (nSPS) is 10.9. The molecule has 3 heteroatoms. The molecule has 0 saturated heterocycles. The second kappa shape index (κ2) is 9.19. The van der Waals surface area contributed by atoms with Crippen molar-refractivity contribution in [2.24, 2.45) is 0 Å². The molecule has 0 bridgehead atoms. The van der Waals surface area contributed by atoms with Crippen LogP contribution in [-0.2, 0) is 13.0 Å². The Labute approximate surface area is 172 Å². The van der Waals surface area contributed by atoms with Crippen LogP contribution < -0.4 is 21.2 Å². The van der Waals surface area contributed by atoms with E-state index in [0.29, 0.717) is 0 Å². The molecule has 1 nitrogen and oxygen atoms in total. The van der Waals surface area contributed by atoms with Gasteiger partial charge in [-0.25, -0.2) is 0 Å². The summed E-state index contributed by atoms with van der Waals surface area (Å²) in [5.74, 6) is 0. The smallest absolute Gasteiger partial charge is 0.0494 e. The van der Waals surface area contributed by atoms with Crippen LogP contribution >= 0.6 is 19.3 Å². The van der Waals surface area contributed by atoms with Crippen molar-refractivity contribution in [3.63, 3.8) is 0 Å². The minimum absolute atomic E-state index is 0.604. The number of aryl methyl sites for hydroxylation is 1. The molecule has 0 atom stereocenters. The van der Waals surface area contributed by atoms with E-state index in [1.54, 1.807) is 0 Å². The molecule has 0 aliphatic rings. The molecule has 28 heavy (non-hydrogen) atoms. The van der Waals surface area contributed by atoms with Gasteiger partial charge in [-0.3, -0.25) is 0 Å². The van der Waals surface area contributed by atoms with Crippen molar-refractivity contribution in [3.05, 3.63) is 107 Å². The van der Waals surface area contributed by atoms with Gasteiger partial charge in [0.15, 0.2) is 0 Å². The van der Waals surface area contributed by atoms with E-state index >= 15 is 0 Å². The molecule has 1 aromatic heterocycles. The Morgan fingerprint density at radius 2 is 1.25 bits per heavy atom. The Hall–Kier alpha value is -2.41. The fraction of sp³-hybridized carbons (Fsp3) is 0.120. The van der Waals surface area contributed by atoms with E-state index in [1.807, 2.05) is 11.3 Å². The molecule has 0 aliphatic heterocycles. The molecule has 0 fully saturated rings. The molecule has 0 saturated carbocycles. The van der Waals surface area contributed by atoms with Crippen LogP contribution in [0.3, 0.4) is 0 Å². The van der Waals surface area contributed by atoms with Gasteiger partial charge in [0.1, 0.15) is 0 Å². The fourth-order valence-corrected chi connectivity index (χ4v) is 6.61. The molecule has 140 valence electrons. The minimum Gasteiger partial charge on any atom is -0.380 e. The number of benzene rings is 3. The summed E-state index contributed by atoms with van der Waals surface area (Å²) in [6, 6.07) is 35.0. The Bertz CT molecular complexity index is 971. The molecule has 4 aromatic rings. The standard InChI is InChI=1S/C25H24NPS/c1-2-22-17-18-23(28-22)19-26-24-15-9-10-16-25(24)27(20-11-5-3-6-12-20)21-13-7-4-8-14-21/h3-18,26H,2,19H2,1H3. The summed E-state index contributed by atoms with van der Waals surface area (Å²) >= 11 is 1.90. The fourth-order valence-electron chi connectivity index (χ4n) is 3.29. The summed E-state index contributed by atoms with van der Waals surface area (Å²) in [6.07, 6.45) is 1.11. The minimum atomic E-state index is -0.604. The van der Waals surface area contributed by atoms with Crippen molar-refractivity contribution in [1.29, 1.82) is 0 Å². The molecule has 0 amide bonds. The second-order valence-electron chi connectivity index (χ2n) is 6.60. The van der Waals surface area contributed by atoms with Gasteiger partial charge in [-0.15, -0.1) is 11.3 Å². The van der Waals surface area contributed by atoms with E-state index in [0.717, 1.165) is 13.0 Å². The van der Waals surface area contributed by atoms with Gasteiger partial charge in [0.2, 0.25) is 0 Å². The first-order valence-corrected chi connectivity index (χ1v) is 11.8. The van der Waals surface area contributed by atoms with Gasteiger partial charge in [-0.05, 0) is 43.2 Å². The number of hydrogen-bond acceptors (Lipinski definition) is 2. The lowest BCUT2D eigenvalue weighted by atomic mass is 10.3. The molecule has 0 radical (unpaired) electrons. The predicted octanol–water partition coefficient (Wildman–Crippen LogP) is 5.68. The van der Waals surface area contributed by atoms with E-state index in [9.17, 15) is 0 Å². The number of rotatable bonds is 7. The van der Waals surface area contributed by atoms with Crippen molar-refractivity contribution in [1.82, 2.24) is 0 Å². The SMILES string of the molecule is CCc1ccc(CNc2ccccc2P(c2ccccc2)c2ccccc2)s1. The predicted molar refractivity (Wildman–Crippen MR) is 126 cm³/mol. The van der Waals surface area contributed by atoms with Crippen LogP contribution in [0.25, 0.3) is 0 Å². The maximum Gasteiger partial charge on any atom is 0.0494 e. The third-order valence-corrected chi connectivity index (χ3v) is 8.42. The van der Waals surface area contributed by atoms with Gasteiger partial charge in [-0.1, -0.05) is 85.8 Å². The average Bonchev–Trinajstić information content (AvgIpc) is 3.23. The lowest BCUT2D eigenvalue weighted by Gasteiger charge is -2.22. The Morgan fingerprint density at radius 3 is 1.86 bits per heavy atom. The molecule has 4 rings (SSSR count). The Kier molecular flexibility index (Phi) is 6.21. The number of hydrogen-bond donors (Lipinski definition) is 1. The van der Waals surface area contributed by atoms with Crippen molar-refractivity contribution in [2.75, 3.05) is 5.32 Å². The number of thiophene rings is 1. The summed E-state index contributed by atoms with van der Waals surface area (Å²) in [4.78, 5) is 2.83. The largest absolute Gasteiger partial charge is 0.380 e. The van der Waals surface area contributed by atoms with Gasteiger partial charge in [0.25, 0.3) is 0 Å². The van der Waals surface area contributed by atoms with Gasteiger partial charge >= 0.3 is 0 Å². The number of para-hydroxylation sites is 1. The first-order chi connectivity index (χ1) is 13.8. The van der Waals surface area contributed by atoms with Crippen molar-refractivity contribution in [3.8, 4) is 0 Å². The van der Waals surface area contributed by atoms with Crippen LogP contribution in [0.5, 0.6) is 0 Å². The first-order valence-electron chi connectivity index (χ1n) is 9.66. The van der Waals surface area contributed by atoms with Crippen molar-refractivity contribution in [2.45, 2.75) is 19.9 Å². The maximum atomic E-state index is 3.71.